The highest BCUT2D eigenvalue weighted by molar-refractivity contribution is 8.00. The van der Waals surface area contributed by atoms with Crippen LogP contribution >= 0.6 is 11.8 Å². The summed E-state index contributed by atoms with van der Waals surface area (Å²) in [7, 11) is 1.45. The van der Waals surface area contributed by atoms with Gasteiger partial charge in [-0.05, 0) is 31.2 Å². The van der Waals surface area contributed by atoms with Gasteiger partial charge in [-0.15, -0.1) is 16.9 Å². The van der Waals surface area contributed by atoms with Crippen LogP contribution in [-0.2, 0) is 4.79 Å². The van der Waals surface area contributed by atoms with Gasteiger partial charge in [-0.1, -0.05) is 0 Å². The van der Waals surface area contributed by atoms with E-state index < -0.39 is 0 Å². The van der Waals surface area contributed by atoms with E-state index in [1.165, 1.54) is 18.9 Å². The van der Waals surface area contributed by atoms with Crippen LogP contribution in [0.15, 0.2) is 29.2 Å². The molecular weight excluding hydrogens is 292 g/mol. The SMILES string of the molecule is CCOc1ccc(SCC(=O)Nc2nc(OC)n[nH]2)cc1. The number of H-pyrrole nitrogens is 1. The highest BCUT2D eigenvalue weighted by Crippen LogP contribution is 2.21. The van der Waals surface area contributed by atoms with E-state index >= 15 is 0 Å². The molecule has 1 amide bonds. The fraction of sp³-hybridized carbons (Fsp3) is 0.308. The summed E-state index contributed by atoms with van der Waals surface area (Å²) in [6.45, 7) is 2.57. The van der Waals surface area contributed by atoms with Gasteiger partial charge in [0.2, 0.25) is 11.9 Å². The molecule has 21 heavy (non-hydrogen) atoms. The lowest BCUT2D eigenvalue weighted by molar-refractivity contribution is -0.113. The fourth-order valence-corrected chi connectivity index (χ4v) is 2.21. The second-order valence-electron chi connectivity index (χ2n) is 3.91. The smallest absolute Gasteiger partial charge is 0.336 e. The van der Waals surface area contributed by atoms with Gasteiger partial charge in [0, 0.05) is 4.90 Å². The van der Waals surface area contributed by atoms with Gasteiger partial charge in [0.25, 0.3) is 0 Å². The molecule has 1 aromatic heterocycles. The molecule has 0 atom stereocenters. The van der Waals surface area contributed by atoms with Crippen molar-refractivity contribution in [3.05, 3.63) is 24.3 Å². The van der Waals surface area contributed by atoms with Crippen molar-refractivity contribution in [3.8, 4) is 11.8 Å². The number of hydrogen-bond donors (Lipinski definition) is 2. The van der Waals surface area contributed by atoms with Crippen LogP contribution in [0, 0.1) is 0 Å². The minimum Gasteiger partial charge on any atom is -0.494 e. The van der Waals surface area contributed by atoms with Gasteiger partial charge in [-0.2, -0.15) is 4.98 Å². The first-order chi connectivity index (χ1) is 10.2. The third-order valence-corrected chi connectivity index (χ3v) is 3.42. The maximum absolute atomic E-state index is 11.8. The number of methoxy groups -OCH3 is 1. The van der Waals surface area contributed by atoms with Gasteiger partial charge in [0.15, 0.2) is 0 Å². The number of nitrogens with zero attached hydrogens (tertiary/aromatic N) is 2. The van der Waals surface area contributed by atoms with Crippen molar-refractivity contribution in [2.75, 3.05) is 24.8 Å². The van der Waals surface area contributed by atoms with Gasteiger partial charge < -0.3 is 9.47 Å². The number of aromatic amines is 1. The first kappa shape index (κ1) is 15.2. The zero-order valence-corrected chi connectivity index (χ0v) is 12.6. The molecule has 0 aliphatic rings. The summed E-state index contributed by atoms with van der Waals surface area (Å²) in [5.74, 6) is 1.19. The molecule has 1 aromatic carbocycles. The van der Waals surface area contributed by atoms with Crippen LogP contribution in [0.3, 0.4) is 0 Å². The molecule has 2 aromatic rings. The third-order valence-electron chi connectivity index (χ3n) is 2.41. The molecular formula is C13H16N4O3S. The van der Waals surface area contributed by atoms with Crippen LogP contribution in [0.5, 0.6) is 11.8 Å². The number of rotatable bonds is 7. The molecule has 0 aliphatic heterocycles. The summed E-state index contributed by atoms with van der Waals surface area (Å²) in [5.41, 5.74) is 0. The van der Waals surface area contributed by atoms with Crippen molar-refractivity contribution >= 4 is 23.6 Å². The average Bonchev–Trinajstić information content (AvgIpc) is 2.94. The Morgan fingerprint density at radius 1 is 1.38 bits per heavy atom. The van der Waals surface area contributed by atoms with Crippen LogP contribution in [0.25, 0.3) is 0 Å². The minimum absolute atomic E-state index is 0.173. The number of carbonyl (C=O) groups is 1. The number of thioether (sulfide) groups is 1. The van der Waals surface area contributed by atoms with Crippen molar-refractivity contribution in [1.82, 2.24) is 15.2 Å². The molecule has 0 saturated carbocycles. The van der Waals surface area contributed by atoms with E-state index in [1.807, 2.05) is 31.2 Å². The number of anilines is 1. The number of nitrogens with one attached hydrogen (secondary N) is 2. The van der Waals surface area contributed by atoms with Crippen molar-refractivity contribution in [2.45, 2.75) is 11.8 Å². The summed E-state index contributed by atoms with van der Waals surface area (Å²) >= 11 is 1.43. The number of hydrogen-bond acceptors (Lipinski definition) is 6. The number of ether oxygens (including phenoxy) is 2. The maximum atomic E-state index is 11.8. The van der Waals surface area contributed by atoms with Crippen molar-refractivity contribution in [1.29, 1.82) is 0 Å². The molecule has 1 heterocycles. The van der Waals surface area contributed by atoms with Crippen molar-refractivity contribution < 1.29 is 14.3 Å². The number of aromatic nitrogens is 3. The second kappa shape index (κ2) is 7.53. The van der Waals surface area contributed by atoms with E-state index in [1.54, 1.807) is 0 Å². The minimum atomic E-state index is -0.173. The van der Waals surface area contributed by atoms with E-state index in [0.717, 1.165) is 10.6 Å². The highest BCUT2D eigenvalue weighted by Gasteiger charge is 2.08. The molecule has 0 unspecified atom stereocenters. The second-order valence-corrected chi connectivity index (χ2v) is 4.96. The first-order valence-corrected chi connectivity index (χ1v) is 7.31. The van der Waals surface area contributed by atoms with E-state index in [4.69, 9.17) is 9.47 Å². The Bertz CT molecular complexity index is 585. The topological polar surface area (TPSA) is 89.1 Å². The predicted molar refractivity (Wildman–Crippen MR) is 79.9 cm³/mol. The monoisotopic (exact) mass is 308 g/mol. The number of benzene rings is 1. The maximum Gasteiger partial charge on any atom is 0.336 e. The molecule has 0 fully saturated rings. The molecule has 2 N–H and O–H groups in total. The van der Waals surface area contributed by atoms with Crippen LogP contribution < -0.4 is 14.8 Å². The molecule has 8 heteroatoms. The van der Waals surface area contributed by atoms with E-state index in [2.05, 4.69) is 20.5 Å². The quantitative estimate of drug-likeness (QED) is 0.760. The normalized spacial score (nSPS) is 10.2. The number of amides is 1. The zero-order chi connectivity index (χ0) is 15.1. The van der Waals surface area contributed by atoms with Gasteiger partial charge in [-0.3, -0.25) is 10.1 Å². The Hall–Kier alpha value is -2.22. The zero-order valence-electron chi connectivity index (χ0n) is 11.8. The standard InChI is InChI=1S/C13H16N4O3S/c1-3-20-9-4-6-10(7-5-9)21-8-11(18)14-12-15-13(19-2)17-16-12/h4-7H,3,8H2,1-2H3,(H2,14,15,16,17,18). The Morgan fingerprint density at radius 2 is 2.14 bits per heavy atom. The van der Waals surface area contributed by atoms with Gasteiger partial charge in [-0.25, -0.2) is 5.10 Å². The third kappa shape index (κ3) is 4.67. The largest absolute Gasteiger partial charge is 0.494 e. The Morgan fingerprint density at radius 3 is 2.76 bits per heavy atom. The lowest BCUT2D eigenvalue weighted by Crippen LogP contribution is -2.15. The molecule has 0 radical (unpaired) electrons. The summed E-state index contributed by atoms with van der Waals surface area (Å²) in [5, 5.41) is 8.91. The van der Waals surface area contributed by atoms with Gasteiger partial charge in [0.1, 0.15) is 5.75 Å². The van der Waals surface area contributed by atoms with Crippen LogP contribution in [0.1, 0.15) is 6.92 Å². The van der Waals surface area contributed by atoms with Gasteiger partial charge in [0.05, 0.1) is 19.5 Å². The Kier molecular flexibility index (Phi) is 5.44. The van der Waals surface area contributed by atoms with Crippen LogP contribution in [-0.4, -0.2) is 40.6 Å². The van der Waals surface area contributed by atoms with Crippen molar-refractivity contribution in [3.63, 3.8) is 0 Å². The summed E-state index contributed by atoms with van der Waals surface area (Å²) < 4.78 is 10.2. The summed E-state index contributed by atoms with van der Waals surface area (Å²) in [6, 6.07) is 7.78. The van der Waals surface area contributed by atoms with Crippen LogP contribution in [0.2, 0.25) is 0 Å². The average molecular weight is 308 g/mol. The van der Waals surface area contributed by atoms with Gasteiger partial charge >= 0.3 is 6.01 Å². The lowest BCUT2D eigenvalue weighted by atomic mass is 10.3. The Labute approximate surface area is 126 Å². The molecule has 112 valence electrons. The summed E-state index contributed by atoms with van der Waals surface area (Å²) in [4.78, 5) is 16.7. The Balaban J connectivity index is 1.80. The molecule has 7 nitrogen and oxygen atoms in total. The van der Waals surface area contributed by atoms with E-state index in [9.17, 15) is 4.79 Å². The van der Waals surface area contributed by atoms with E-state index in [-0.39, 0.29) is 23.6 Å². The van der Waals surface area contributed by atoms with Crippen LogP contribution in [0.4, 0.5) is 5.95 Å². The van der Waals surface area contributed by atoms with E-state index in [0.29, 0.717) is 6.61 Å². The fourth-order valence-electron chi connectivity index (χ4n) is 1.51. The molecule has 0 bridgehead atoms. The first-order valence-electron chi connectivity index (χ1n) is 6.33. The van der Waals surface area contributed by atoms with Crippen molar-refractivity contribution in [2.24, 2.45) is 0 Å². The molecule has 0 aliphatic carbocycles. The molecule has 2 rings (SSSR count). The lowest BCUT2D eigenvalue weighted by Gasteiger charge is -2.04. The number of carbonyl (C=O) groups excluding carboxylic acids is 1. The molecule has 0 spiro atoms. The molecule has 0 saturated heterocycles. The summed E-state index contributed by atoms with van der Waals surface area (Å²) in [6.07, 6.45) is 0. The highest BCUT2D eigenvalue weighted by atomic mass is 32.2. The predicted octanol–water partition coefficient (Wildman–Crippen LogP) is 1.94.